The Morgan fingerprint density at radius 3 is 1.90 bits per heavy atom. The molecular formula is C18H14N2O. The van der Waals surface area contributed by atoms with Crippen molar-refractivity contribution in [3.8, 4) is 11.4 Å². The normalized spacial score (nSPS) is 11.2. The molecule has 1 heterocycles. The van der Waals surface area contributed by atoms with Crippen LogP contribution in [0.5, 0.6) is 5.75 Å². The molecule has 4 aromatic rings. The number of anilines is 1. The number of nitrogens with two attached hydrogens (primary N) is 1. The van der Waals surface area contributed by atoms with E-state index in [-0.39, 0.29) is 5.75 Å². The van der Waals surface area contributed by atoms with E-state index in [1.807, 2.05) is 30.3 Å². The van der Waals surface area contributed by atoms with E-state index in [1.165, 1.54) is 10.8 Å². The number of phenols is 1. The van der Waals surface area contributed by atoms with Crippen LogP contribution in [0.1, 0.15) is 0 Å². The number of hydrogen-bond donors (Lipinski definition) is 2. The summed E-state index contributed by atoms with van der Waals surface area (Å²) in [4.78, 5) is 0. The maximum absolute atomic E-state index is 9.63. The third-order valence-electron chi connectivity index (χ3n) is 3.85. The zero-order chi connectivity index (χ0) is 14.4. The van der Waals surface area contributed by atoms with Gasteiger partial charge >= 0.3 is 0 Å². The average molecular weight is 274 g/mol. The fraction of sp³-hybridized carbons (Fsp3) is 0. The molecule has 0 unspecified atom stereocenters. The summed E-state index contributed by atoms with van der Waals surface area (Å²) in [5, 5.41) is 12.0. The van der Waals surface area contributed by atoms with Crippen LogP contribution >= 0.6 is 0 Å². The monoisotopic (exact) mass is 274 g/mol. The Kier molecular flexibility index (Phi) is 2.42. The van der Waals surface area contributed by atoms with Crippen molar-refractivity contribution in [3.05, 3.63) is 66.7 Å². The molecule has 102 valence electrons. The third-order valence-corrected chi connectivity index (χ3v) is 3.85. The molecule has 0 fully saturated rings. The van der Waals surface area contributed by atoms with Gasteiger partial charge in [0.15, 0.2) is 0 Å². The largest absolute Gasteiger partial charge is 0.506 e. The van der Waals surface area contributed by atoms with Gasteiger partial charge in [-0.3, -0.25) is 0 Å². The molecule has 0 amide bonds. The highest BCUT2D eigenvalue weighted by molar-refractivity contribution is 6.09. The van der Waals surface area contributed by atoms with E-state index < -0.39 is 0 Å². The van der Waals surface area contributed by atoms with Crippen LogP contribution in [0.15, 0.2) is 66.7 Å². The second-order valence-electron chi connectivity index (χ2n) is 5.11. The van der Waals surface area contributed by atoms with Crippen molar-refractivity contribution in [1.82, 2.24) is 4.57 Å². The first kappa shape index (κ1) is 11.9. The first-order valence-electron chi connectivity index (χ1n) is 6.83. The molecule has 0 aliphatic rings. The Labute approximate surface area is 121 Å². The number of hydrogen-bond acceptors (Lipinski definition) is 2. The fourth-order valence-electron chi connectivity index (χ4n) is 2.88. The van der Waals surface area contributed by atoms with E-state index in [1.54, 1.807) is 12.1 Å². The van der Waals surface area contributed by atoms with E-state index in [9.17, 15) is 5.11 Å². The van der Waals surface area contributed by atoms with Crippen molar-refractivity contribution in [2.24, 2.45) is 0 Å². The van der Waals surface area contributed by atoms with Crippen LogP contribution in [0.2, 0.25) is 0 Å². The van der Waals surface area contributed by atoms with Gasteiger partial charge in [0.05, 0.1) is 16.7 Å². The van der Waals surface area contributed by atoms with E-state index in [2.05, 4.69) is 28.8 Å². The topological polar surface area (TPSA) is 51.2 Å². The van der Waals surface area contributed by atoms with Crippen LogP contribution < -0.4 is 5.73 Å². The number of benzene rings is 3. The fourth-order valence-corrected chi connectivity index (χ4v) is 2.88. The zero-order valence-electron chi connectivity index (χ0n) is 11.3. The van der Waals surface area contributed by atoms with Crippen molar-refractivity contribution in [2.75, 3.05) is 5.73 Å². The van der Waals surface area contributed by atoms with E-state index in [4.69, 9.17) is 5.73 Å². The summed E-state index contributed by atoms with van der Waals surface area (Å²) in [7, 11) is 0. The molecule has 0 aliphatic heterocycles. The van der Waals surface area contributed by atoms with Gasteiger partial charge in [-0.2, -0.15) is 0 Å². The molecule has 0 saturated carbocycles. The number of aromatic nitrogens is 1. The first-order valence-corrected chi connectivity index (χ1v) is 6.83. The Balaban J connectivity index is 2.17. The minimum absolute atomic E-state index is 0.111. The summed E-state index contributed by atoms with van der Waals surface area (Å²) in [6, 6.07) is 21.9. The molecule has 0 radical (unpaired) electrons. The van der Waals surface area contributed by atoms with Gasteiger partial charge in [0.2, 0.25) is 0 Å². The van der Waals surface area contributed by atoms with Crippen LogP contribution in [-0.4, -0.2) is 9.67 Å². The van der Waals surface area contributed by atoms with E-state index >= 15 is 0 Å². The number of aromatic hydroxyl groups is 1. The van der Waals surface area contributed by atoms with Gasteiger partial charge in [-0.25, -0.2) is 0 Å². The summed E-state index contributed by atoms with van der Waals surface area (Å²) in [6.45, 7) is 0. The Hall–Kier alpha value is -2.94. The minimum Gasteiger partial charge on any atom is -0.506 e. The molecule has 0 saturated heterocycles. The summed E-state index contributed by atoms with van der Waals surface area (Å²) < 4.78 is 2.17. The molecule has 1 aromatic heterocycles. The quantitative estimate of drug-likeness (QED) is 0.406. The maximum Gasteiger partial charge on any atom is 0.138 e. The molecule has 0 spiro atoms. The van der Waals surface area contributed by atoms with Crippen molar-refractivity contribution in [1.29, 1.82) is 0 Å². The van der Waals surface area contributed by atoms with Crippen molar-refractivity contribution < 1.29 is 5.11 Å². The second-order valence-corrected chi connectivity index (χ2v) is 5.11. The lowest BCUT2D eigenvalue weighted by molar-refractivity contribution is 0.478. The van der Waals surface area contributed by atoms with E-state index in [0.717, 1.165) is 16.7 Å². The number of rotatable bonds is 1. The number of fused-ring (bicyclic) bond motifs is 3. The van der Waals surface area contributed by atoms with Gasteiger partial charge in [-0.05, 0) is 30.3 Å². The number of nitrogens with zero attached hydrogens (tertiary/aromatic N) is 1. The van der Waals surface area contributed by atoms with Crippen LogP contribution in [0.25, 0.3) is 27.5 Å². The maximum atomic E-state index is 9.63. The minimum atomic E-state index is 0.111. The van der Waals surface area contributed by atoms with Gasteiger partial charge in [0.1, 0.15) is 5.75 Å². The van der Waals surface area contributed by atoms with Crippen LogP contribution in [0, 0.1) is 0 Å². The van der Waals surface area contributed by atoms with Crippen molar-refractivity contribution >= 4 is 27.5 Å². The molecule has 4 rings (SSSR count). The number of phenolic OH excluding ortho intramolecular Hbond substituents is 1. The molecule has 0 aliphatic carbocycles. The first-order chi connectivity index (χ1) is 10.3. The van der Waals surface area contributed by atoms with Gasteiger partial charge in [-0.15, -0.1) is 0 Å². The highest BCUT2D eigenvalue weighted by atomic mass is 16.3. The van der Waals surface area contributed by atoms with Crippen LogP contribution in [0.3, 0.4) is 0 Å². The number of nitrogen functional groups attached to an aromatic ring is 1. The highest BCUT2D eigenvalue weighted by Gasteiger charge is 2.11. The standard InChI is InChI=1S/C18H14N2O/c19-15-11-12(9-10-18(15)21)20-16-7-3-1-5-13(16)14-6-2-4-8-17(14)20/h1-11,21H,19H2. The molecule has 3 nitrogen and oxygen atoms in total. The summed E-state index contributed by atoms with van der Waals surface area (Å²) >= 11 is 0. The van der Waals surface area contributed by atoms with Gasteiger partial charge in [-0.1, -0.05) is 36.4 Å². The molecule has 0 bridgehead atoms. The molecular weight excluding hydrogens is 260 g/mol. The zero-order valence-corrected chi connectivity index (χ0v) is 11.3. The second kappa shape index (κ2) is 4.28. The average Bonchev–Trinajstić information content (AvgIpc) is 2.85. The molecule has 21 heavy (non-hydrogen) atoms. The SMILES string of the molecule is Nc1cc(-n2c3ccccc3c3ccccc32)ccc1O. The predicted molar refractivity (Wildman–Crippen MR) is 86.9 cm³/mol. The molecule has 3 heteroatoms. The van der Waals surface area contributed by atoms with Crippen molar-refractivity contribution in [2.45, 2.75) is 0 Å². The van der Waals surface area contributed by atoms with Gasteiger partial charge < -0.3 is 15.4 Å². The third kappa shape index (κ3) is 1.68. The highest BCUT2D eigenvalue weighted by Crippen LogP contribution is 2.33. The Bertz CT molecular complexity index is 916. The molecule has 3 N–H and O–H groups in total. The van der Waals surface area contributed by atoms with Gasteiger partial charge in [0.25, 0.3) is 0 Å². The van der Waals surface area contributed by atoms with Gasteiger partial charge in [0, 0.05) is 16.5 Å². The summed E-state index contributed by atoms with van der Waals surface area (Å²) in [5.74, 6) is 0.111. The number of para-hydroxylation sites is 2. The lowest BCUT2D eigenvalue weighted by Gasteiger charge is -2.09. The molecule has 0 atom stereocenters. The van der Waals surface area contributed by atoms with Crippen LogP contribution in [0.4, 0.5) is 5.69 Å². The lowest BCUT2D eigenvalue weighted by atomic mass is 10.2. The Morgan fingerprint density at radius 1 is 0.762 bits per heavy atom. The summed E-state index contributed by atoms with van der Waals surface area (Å²) in [5.41, 5.74) is 9.44. The van der Waals surface area contributed by atoms with Crippen molar-refractivity contribution in [3.63, 3.8) is 0 Å². The molecule has 3 aromatic carbocycles. The Morgan fingerprint density at radius 2 is 1.33 bits per heavy atom. The van der Waals surface area contributed by atoms with E-state index in [0.29, 0.717) is 5.69 Å². The predicted octanol–water partition coefficient (Wildman–Crippen LogP) is 4.07. The smallest absolute Gasteiger partial charge is 0.138 e. The lowest BCUT2D eigenvalue weighted by Crippen LogP contribution is -1.95. The summed E-state index contributed by atoms with van der Waals surface area (Å²) in [6.07, 6.45) is 0. The van der Waals surface area contributed by atoms with Crippen LogP contribution in [-0.2, 0) is 0 Å².